The van der Waals surface area contributed by atoms with E-state index in [0.29, 0.717) is 5.54 Å². The smallest absolute Gasteiger partial charge is 0.0594 e. The topological polar surface area (TPSA) is 41.7 Å². The molecule has 3 atom stereocenters. The summed E-state index contributed by atoms with van der Waals surface area (Å²) in [6.45, 7) is 9.74. The van der Waals surface area contributed by atoms with Crippen LogP contribution in [-0.2, 0) is 4.74 Å². The standard InChI is InChI=1S/C17H33N3O/c1-2-15-5-3-4-7-17(15,14-18)20-8-6-16(13-20)19-9-11-21-12-10-19/h15-16H,2-14,18H2,1H3. The van der Waals surface area contributed by atoms with Crippen molar-refractivity contribution in [2.45, 2.75) is 57.0 Å². The second-order valence-corrected chi connectivity index (χ2v) is 7.20. The first-order chi connectivity index (χ1) is 10.3. The van der Waals surface area contributed by atoms with Gasteiger partial charge in [-0.15, -0.1) is 0 Å². The van der Waals surface area contributed by atoms with Gasteiger partial charge >= 0.3 is 0 Å². The quantitative estimate of drug-likeness (QED) is 0.857. The molecule has 3 rings (SSSR count). The van der Waals surface area contributed by atoms with Crippen molar-refractivity contribution >= 4 is 0 Å². The molecule has 0 spiro atoms. The molecule has 122 valence electrons. The van der Waals surface area contributed by atoms with Crippen LogP contribution in [0.1, 0.15) is 45.4 Å². The summed E-state index contributed by atoms with van der Waals surface area (Å²) in [4.78, 5) is 5.43. The molecule has 21 heavy (non-hydrogen) atoms. The molecule has 3 unspecified atom stereocenters. The number of hydrogen-bond acceptors (Lipinski definition) is 4. The molecule has 2 saturated heterocycles. The van der Waals surface area contributed by atoms with Gasteiger partial charge in [-0.3, -0.25) is 9.80 Å². The summed E-state index contributed by atoms with van der Waals surface area (Å²) in [5.41, 5.74) is 6.63. The minimum Gasteiger partial charge on any atom is -0.379 e. The summed E-state index contributed by atoms with van der Waals surface area (Å²) in [6, 6.07) is 0.733. The van der Waals surface area contributed by atoms with Crippen LogP contribution < -0.4 is 5.73 Å². The van der Waals surface area contributed by atoms with E-state index in [4.69, 9.17) is 10.5 Å². The van der Waals surface area contributed by atoms with Crippen molar-refractivity contribution in [3.05, 3.63) is 0 Å². The minimum absolute atomic E-state index is 0.300. The third kappa shape index (κ3) is 3.00. The zero-order chi connectivity index (χ0) is 14.7. The van der Waals surface area contributed by atoms with E-state index in [-0.39, 0.29) is 0 Å². The van der Waals surface area contributed by atoms with E-state index in [1.165, 1.54) is 51.6 Å². The summed E-state index contributed by atoms with van der Waals surface area (Å²) >= 11 is 0. The highest BCUT2D eigenvalue weighted by Crippen LogP contribution is 2.41. The maximum Gasteiger partial charge on any atom is 0.0594 e. The molecule has 2 N–H and O–H groups in total. The minimum atomic E-state index is 0.300. The molecule has 3 fully saturated rings. The molecule has 0 aromatic heterocycles. The third-order valence-corrected chi connectivity index (χ3v) is 6.37. The van der Waals surface area contributed by atoms with Crippen LogP contribution in [0.25, 0.3) is 0 Å². The molecule has 0 aromatic carbocycles. The lowest BCUT2D eigenvalue weighted by atomic mass is 9.70. The molecule has 1 saturated carbocycles. The Bertz CT molecular complexity index is 332. The maximum atomic E-state index is 6.33. The van der Waals surface area contributed by atoms with Crippen LogP contribution >= 0.6 is 0 Å². The number of nitrogens with zero attached hydrogens (tertiary/aromatic N) is 2. The fourth-order valence-corrected chi connectivity index (χ4v) is 5.08. The van der Waals surface area contributed by atoms with Crippen LogP contribution in [0.4, 0.5) is 0 Å². The molecule has 0 aromatic rings. The third-order valence-electron chi connectivity index (χ3n) is 6.37. The Morgan fingerprint density at radius 2 is 1.95 bits per heavy atom. The number of ether oxygens (including phenoxy) is 1. The molecule has 4 heteroatoms. The lowest BCUT2D eigenvalue weighted by Crippen LogP contribution is -2.59. The average Bonchev–Trinajstić information content (AvgIpc) is 3.06. The van der Waals surface area contributed by atoms with Crippen molar-refractivity contribution in [3.63, 3.8) is 0 Å². The van der Waals surface area contributed by atoms with Gasteiger partial charge < -0.3 is 10.5 Å². The van der Waals surface area contributed by atoms with Crippen LogP contribution in [0.3, 0.4) is 0 Å². The second-order valence-electron chi connectivity index (χ2n) is 7.20. The largest absolute Gasteiger partial charge is 0.379 e. The van der Waals surface area contributed by atoms with Gasteiger partial charge in [-0.25, -0.2) is 0 Å². The van der Waals surface area contributed by atoms with Crippen molar-refractivity contribution in [1.29, 1.82) is 0 Å². The fourth-order valence-electron chi connectivity index (χ4n) is 5.08. The van der Waals surface area contributed by atoms with E-state index >= 15 is 0 Å². The van der Waals surface area contributed by atoms with Gasteiger partial charge in [0.1, 0.15) is 0 Å². The van der Waals surface area contributed by atoms with Gasteiger partial charge in [0.2, 0.25) is 0 Å². The van der Waals surface area contributed by atoms with Gasteiger partial charge in [-0.1, -0.05) is 26.2 Å². The van der Waals surface area contributed by atoms with Gasteiger partial charge in [-0.05, 0) is 25.2 Å². The molecular formula is C17H33N3O. The summed E-state index contributed by atoms with van der Waals surface area (Å²) < 4.78 is 5.50. The van der Waals surface area contributed by atoms with Gasteiger partial charge in [0.05, 0.1) is 13.2 Å². The van der Waals surface area contributed by atoms with E-state index < -0.39 is 0 Å². The fraction of sp³-hybridized carbons (Fsp3) is 1.00. The lowest BCUT2D eigenvalue weighted by molar-refractivity contribution is -0.00153. The number of hydrogen-bond donors (Lipinski definition) is 1. The van der Waals surface area contributed by atoms with E-state index in [1.807, 2.05) is 0 Å². The highest BCUT2D eigenvalue weighted by atomic mass is 16.5. The molecular weight excluding hydrogens is 262 g/mol. The summed E-state index contributed by atoms with van der Waals surface area (Å²) in [7, 11) is 0. The van der Waals surface area contributed by atoms with Crippen LogP contribution in [0, 0.1) is 5.92 Å². The Balaban J connectivity index is 1.67. The summed E-state index contributed by atoms with van der Waals surface area (Å²) in [5, 5.41) is 0. The van der Waals surface area contributed by atoms with E-state index in [2.05, 4.69) is 16.7 Å². The second kappa shape index (κ2) is 6.95. The number of morpholine rings is 1. The molecule has 0 radical (unpaired) electrons. The van der Waals surface area contributed by atoms with Gasteiger partial charge in [0.25, 0.3) is 0 Å². The lowest BCUT2D eigenvalue weighted by Gasteiger charge is -2.50. The number of rotatable bonds is 4. The van der Waals surface area contributed by atoms with Gasteiger partial charge in [-0.2, -0.15) is 0 Å². The Labute approximate surface area is 130 Å². The van der Waals surface area contributed by atoms with E-state index in [1.54, 1.807) is 0 Å². The van der Waals surface area contributed by atoms with Crippen molar-refractivity contribution in [3.8, 4) is 0 Å². The molecule has 2 heterocycles. The van der Waals surface area contributed by atoms with Crippen molar-refractivity contribution in [2.24, 2.45) is 11.7 Å². The van der Waals surface area contributed by atoms with E-state index in [0.717, 1.165) is 44.8 Å². The van der Waals surface area contributed by atoms with Gasteiger partial charge in [0.15, 0.2) is 0 Å². The average molecular weight is 295 g/mol. The molecule has 2 aliphatic heterocycles. The number of likely N-dealkylation sites (tertiary alicyclic amines) is 1. The SMILES string of the molecule is CCC1CCCCC1(CN)N1CCC(N2CCOCC2)C1. The van der Waals surface area contributed by atoms with Crippen LogP contribution in [0.5, 0.6) is 0 Å². The highest BCUT2D eigenvalue weighted by molar-refractivity contribution is 5.03. The first-order valence-electron chi connectivity index (χ1n) is 9.07. The van der Waals surface area contributed by atoms with Crippen molar-refractivity contribution in [2.75, 3.05) is 45.9 Å². The monoisotopic (exact) mass is 295 g/mol. The normalized spacial score (nSPS) is 39.7. The van der Waals surface area contributed by atoms with Crippen LogP contribution in [0.15, 0.2) is 0 Å². The van der Waals surface area contributed by atoms with Crippen molar-refractivity contribution in [1.82, 2.24) is 9.80 Å². The zero-order valence-corrected chi connectivity index (χ0v) is 13.7. The summed E-state index contributed by atoms with van der Waals surface area (Å²) in [6.07, 6.45) is 8.08. The Morgan fingerprint density at radius 3 is 2.67 bits per heavy atom. The highest BCUT2D eigenvalue weighted by Gasteiger charge is 2.46. The zero-order valence-electron chi connectivity index (χ0n) is 13.7. The molecule has 4 nitrogen and oxygen atoms in total. The first kappa shape index (κ1) is 15.7. The molecule has 0 amide bonds. The van der Waals surface area contributed by atoms with Crippen molar-refractivity contribution < 1.29 is 4.74 Å². The van der Waals surface area contributed by atoms with Gasteiger partial charge in [0, 0.05) is 44.3 Å². The predicted molar refractivity (Wildman–Crippen MR) is 86.4 cm³/mol. The molecule has 1 aliphatic carbocycles. The van der Waals surface area contributed by atoms with Crippen LogP contribution in [-0.4, -0.2) is 67.3 Å². The first-order valence-corrected chi connectivity index (χ1v) is 9.07. The Hall–Kier alpha value is -0.160. The predicted octanol–water partition coefficient (Wildman–Crippen LogP) is 1.69. The molecule has 3 aliphatic rings. The maximum absolute atomic E-state index is 6.33. The Kier molecular flexibility index (Phi) is 5.20. The summed E-state index contributed by atoms with van der Waals surface area (Å²) in [5.74, 6) is 0.805. The van der Waals surface area contributed by atoms with E-state index in [9.17, 15) is 0 Å². The Morgan fingerprint density at radius 1 is 1.14 bits per heavy atom. The van der Waals surface area contributed by atoms with Crippen LogP contribution in [0.2, 0.25) is 0 Å². The molecule has 0 bridgehead atoms. The number of nitrogens with two attached hydrogens (primary N) is 1.